The summed E-state index contributed by atoms with van der Waals surface area (Å²) in [5.41, 5.74) is 0.526. The molecule has 160 valence electrons. The minimum Gasteiger partial charge on any atom is -0.504 e. The van der Waals surface area contributed by atoms with Crippen molar-refractivity contribution >= 4 is 11.0 Å². The number of aromatic amines is 2. The highest BCUT2D eigenvalue weighted by Gasteiger charge is 2.29. The Morgan fingerprint density at radius 2 is 1.48 bits per heavy atom. The Hall–Kier alpha value is -4.23. The van der Waals surface area contributed by atoms with Crippen LogP contribution < -0.4 is 15.1 Å². The van der Waals surface area contributed by atoms with Crippen LogP contribution in [0.2, 0.25) is 0 Å². The van der Waals surface area contributed by atoms with E-state index >= 15 is 0 Å². The second kappa shape index (κ2) is 7.55. The Kier molecular flexibility index (Phi) is 4.57. The smallest absolute Gasteiger partial charge is 0.339 e. The fraction of sp³-hybridized carbons (Fsp3) is 0.353. The van der Waals surface area contributed by atoms with Gasteiger partial charge in [0, 0.05) is 5.56 Å². The van der Waals surface area contributed by atoms with Crippen LogP contribution in [0, 0.1) is 0 Å². The number of hydrogen-bond acceptors (Lipinski definition) is 12. The Morgan fingerprint density at radius 3 is 2.10 bits per heavy atom. The monoisotopic (exact) mass is 428 g/mol. The van der Waals surface area contributed by atoms with Gasteiger partial charge in [-0.15, -0.1) is 10.2 Å². The van der Waals surface area contributed by atoms with Crippen LogP contribution in [0.3, 0.4) is 0 Å². The van der Waals surface area contributed by atoms with Crippen LogP contribution in [0.4, 0.5) is 0 Å². The van der Waals surface area contributed by atoms with E-state index in [1.165, 1.54) is 0 Å². The number of aromatic nitrogens is 8. The van der Waals surface area contributed by atoms with Crippen molar-refractivity contribution in [1.29, 1.82) is 0 Å². The van der Waals surface area contributed by atoms with E-state index in [-0.39, 0.29) is 53.1 Å². The Labute approximate surface area is 172 Å². The molecule has 1 aliphatic rings. The molecule has 0 saturated carbocycles. The van der Waals surface area contributed by atoms with Crippen molar-refractivity contribution < 1.29 is 24.1 Å². The minimum atomic E-state index is -0.552. The van der Waals surface area contributed by atoms with Gasteiger partial charge in [-0.25, -0.2) is 15.0 Å². The molecule has 0 atom stereocenters. The van der Waals surface area contributed by atoms with Gasteiger partial charge in [-0.3, -0.25) is 0 Å². The third-order valence-corrected chi connectivity index (χ3v) is 5.01. The number of rotatable bonds is 6. The number of nitrogens with one attached hydrogen (secondary N) is 2. The molecule has 3 aromatic heterocycles. The zero-order valence-corrected chi connectivity index (χ0v) is 16.0. The number of benzene rings is 1. The molecule has 0 aliphatic heterocycles. The van der Waals surface area contributed by atoms with Crippen molar-refractivity contribution in [1.82, 2.24) is 41.2 Å². The molecule has 4 aromatic rings. The van der Waals surface area contributed by atoms with Gasteiger partial charge in [0.05, 0.1) is 5.39 Å². The maximum absolute atomic E-state index is 12.6. The number of fused-ring (bicyclic) bond motifs is 3. The highest BCUT2D eigenvalue weighted by atomic mass is 16.5. The number of tetrazole rings is 2. The number of phenolic OH excluding ortho intramolecular Hbond substituents is 2. The summed E-state index contributed by atoms with van der Waals surface area (Å²) >= 11 is 0. The molecule has 0 fully saturated rings. The lowest BCUT2D eigenvalue weighted by Gasteiger charge is -2.20. The van der Waals surface area contributed by atoms with E-state index in [1.54, 1.807) is 0 Å². The van der Waals surface area contributed by atoms with Crippen LogP contribution in [0.25, 0.3) is 11.0 Å². The largest absolute Gasteiger partial charge is 0.504 e. The topological polar surface area (TPSA) is 198 Å². The Balaban J connectivity index is 1.67. The maximum atomic E-state index is 12.6. The molecule has 5 rings (SSSR count). The highest BCUT2D eigenvalue weighted by molar-refractivity contribution is 5.97. The van der Waals surface area contributed by atoms with Crippen LogP contribution in [0.1, 0.15) is 35.6 Å². The molecule has 14 heteroatoms. The summed E-state index contributed by atoms with van der Waals surface area (Å²) in [5, 5.41) is 48.3. The molecular weight excluding hydrogens is 412 g/mol. The normalized spacial score (nSPS) is 13.3. The summed E-state index contributed by atoms with van der Waals surface area (Å²) < 4.78 is 16.7. The third kappa shape index (κ3) is 3.27. The first-order valence-corrected chi connectivity index (χ1v) is 9.40. The summed E-state index contributed by atoms with van der Waals surface area (Å²) in [6, 6.07) is 0. The van der Waals surface area contributed by atoms with E-state index in [4.69, 9.17) is 13.9 Å². The summed E-state index contributed by atoms with van der Waals surface area (Å²) in [5.74, 6) is -0.803. The van der Waals surface area contributed by atoms with Gasteiger partial charge in [-0.1, -0.05) is 0 Å². The van der Waals surface area contributed by atoms with Gasteiger partial charge in [0.1, 0.15) is 13.2 Å². The average molecular weight is 428 g/mol. The van der Waals surface area contributed by atoms with E-state index in [0.29, 0.717) is 24.0 Å². The van der Waals surface area contributed by atoms with Gasteiger partial charge in [-0.2, -0.15) is 0 Å². The van der Waals surface area contributed by atoms with Crippen LogP contribution >= 0.6 is 0 Å². The first kappa shape index (κ1) is 18.8. The van der Waals surface area contributed by atoms with Crippen LogP contribution in [-0.2, 0) is 26.1 Å². The number of ether oxygens (including phenoxy) is 2. The summed E-state index contributed by atoms with van der Waals surface area (Å²) in [6.07, 6.45) is 2.78. The van der Waals surface area contributed by atoms with Gasteiger partial charge in [0.15, 0.2) is 23.0 Å². The summed E-state index contributed by atoms with van der Waals surface area (Å²) in [7, 11) is 0. The lowest BCUT2D eigenvalue weighted by atomic mass is 9.90. The van der Waals surface area contributed by atoms with E-state index in [1.807, 2.05) is 0 Å². The molecule has 0 radical (unpaired) electrons. The van der Waals surface area contributed by atoms with Crippen molar-refractivity contribution in [2.24, 2.45) is 0 Å². The first-order valence-electron chi connectivity index (χ1n) is 9.40. The van der Waals surface area contributed by atoms with Crippen molar-refractivity contribution in [3.8, 4) is 23.0 Å². The van der Waals surface area contributed by atoms with Crippen LogP contribution in [0.15, 0.2) is 9.21 Å². The number of nitrogens with zero attached hydrogens (tertiary/aromatic N) is 6. The van der Waals surface area contributed by atoms with Crippen LogP contribution in [-0.4, -0.2) is 51.5 Å². The molecule has 14 nitrogen and oxygen atoms in total. The molecule has 0 bridgehead atoms. The molecule has 3 heterocycles. The fourth-order valence-corrected chi connectivity index (χ4v) is 3.63. The summed E-state index contributed by atoms with van der Waals surface area (Å²) in [4.78, 5) is 12.6. The maximum Gasteiger partial charge on any atom is 0.339 e. The SMILES string of the molecule is O=c1oc2c(OCc3nnn[nH]3)c(O)c(OCc3nnn[nH]3)c(O)c2c2c1CCCC2. The number of phenols is 2. The lowest BCUT2D eigenvalue weighted by molar-refractivity contribution is 0.246. The van der Waals surface area contributed by atoms with Gasteiger partial charge in [-0.05, 0) is 52.1 Å². The number of hydrogen-bond donors (Lipinski definition) is 4. The van der Waals surface area contributed by atoms with E-state index < -0.39 is 11.4 Å². The molecule has 0 amide bonds. The van der Waals surface area contributed by atoms with E-state index in [0.717, 1.165) is 12.8 Å². The lowest BCUT2D eigenvalue weighted by Crippen LogP contribution is -2.16. The highest BCUT2D eigenvalue weighted by Crippen LogP contribution is 2.51. The first-order chi connectivity index (χ1) is 15.1. The molecule has 1 aromatic carbocycles. The van der Waals surface area contributed by atoms with Gasteiger partial charge >= 0.3 is 5.63 Å². The fourth-order valence-electron chi connectivity index (χ4n) is 3.63. The number of H-pyrrole nitrogens is 2. The van der Waals surface area contributed by atoms with Gasteiger partial charge in [0.2, 0.25) is 17.2 Å². The van der Waals surface area contributed by atoms with E-state index in [9.17, 15) is 15.0 Å². The van der Waals surface area contributed by atoms with E-state index in [2.05, 4.69) is 41.2 Å². The Bertz CT molecular complexity index is 1280. The number of aromatic hydroxyl groups is 2. The predicted molar refractivity (Wildman–Crippen MR) is 99.5 cm³/mol. The predicted octanol–water partition coefficient (Wildman–Crippen LogP) is 0.267. The molecule has 31 heavy (non-hydrogen) atoms. The minimum absolute atomic E-state index is 0.0817. The third-order valence-electron chi connectivity index (χ3n) is 5.01. The van der Waals surface area contributed by atoms with Crippen molar-refractivity contribution in [3.63, 3.8) is 0 Å². The molecular formula is C17H16N8O6. The van der Waals surface area contributed by atoms with Crippen molar-refractivity contribution in [2.45, 2.75) is 38.9 Å². The second-order valence-electron chi connectivity index (χ2n) is 6.89. The van der Waals surface area contributed by atoms with Gasteiger partial charge in [0.25, 0.3) is 0 Å². The zero-order valence-electron chi connectivity index (χ0n) is 16.0. The molecule has 1 aliphatic carbocycles. The molecule has 0 unspecified atom stereocenters. The average Bonchev–Trinajstić information content (AvgIpc) is 3.48. The quantitative estimate of drug-likeness (QED) is 0.306. The standard InChI is InChI=1S/C17H16N8O6/c26-12-11-7-3-1-2-4-8(7)17(28)31-14(11)16(30-6-10-20-24-25-21-10)13(27)15(12)29-5-9-18-22-23-19-9/h26-27H,1-6H2,(H,18,19,22,23)(H,20,21,24,25). The second-order valence-corrected chi connectivity index (χ2v) is 6.89. The van der Waals surface area contributed by atoms with Crippen molar-refractivity contribution in [3.05, 3.63) is 33.2 Å². The van der Waals surface area contributed by atoms with Gasteiger partial charge < -0.3 is 24.1 Å². The zero-order chi connectivity index (χ0) is 21.4. The Morgan fingerprint density at radius 1 is 0.871 bits per heavy atom. The summed E-state index contributed by atoms with van der Waals surface area (Å²) in [6.45, 7) is -0.323. The van der Waals surface area contributed by atoms with Crippen molar-refractivity contribution in [2.75, 3.05) is 0 Å². The van der Waals surface area contributed by atoms with Crippen LogP contribution in [0.5, 0.6) is 23.0 Å². The molecule has 4 N–H and O–H groups in total. The number of aryl methyl sites for hydroxylation is 1. The molecule has 0 spiro atoms. The molecule has 0 saturated heterocycles.